The molecule has 0 spiro atoms. The van der Waals surface area contributed by atoms with Crippen LogP contribution in [0.25, 0.3) is 33.3 Å². The molecule has 1 aromatic heterocycles. The number of hydrogen-bond donors (Lipinski definition) is 0. The molecule has 0 fully saturated rings. The molecular formula is C20H13BrN2. The van der Waals surface area contributed by atoms with Gasteiger partial charge in [0, 0.05) is 10.9 Å². The van der Waals surface area contributed by atoms with Gasteiger partial charge >= 0.3 is 0 Å². The molecule has 110 valence electrons. The first-order valence-electron chi connectivity index (χ1n) is 7.39. The first kappa shape index (κ1) is 14.1. The van der Waals surface area contributed by atoms with Crippen molar-refractivity contribution in [3.63, 3.8) is 0 Å². The van der Waals surface area contributed by atoms with E-state index in [9.17, 15) is 0 Å². The molecule has 0 bridgehead atoms. The van der Waals surface area contributed by atoms with Crippen molar-refractivity contribution in [2.75, 3.05) is 0 Å². The standard InChI is InChI=1S/C20H13BrN2/c21-20-22-18-9-5-4-8-17(18)19(23-20)16-12-10-15(11-13-16)14-6-2-1-3-7-14/h1-13H. The topological polar surface area (TPSA) is 25.8 Å². The van der Waals surface area contributed by atoms with E-state index < -0.39 is 0 Å². The summed E-state index contributed by atoms with van der Waals surface area (Å²) in [4.78, 5) is 9.01. The van der Waals surface area contributed by atoms with Gasteiger partial charge in [0.15, 0.2) is 4.73 Å². The van der Waals surface area contributed by atoms with Gasteiger partial charge in [-0.1, -0.05) is 72.8 Å². The Kier molecular flexibility index (Phi) is 3.64. The van der Waals surface area contributed by atoms with E-state index in [1.54, 1.807) is 0 Å². The second-order valence-electron chi connectivity index (χ2n) is 5.30. The summed E-state index contributed by atoms with van der Waals surface area (Å²) < 4.78 is 0.610. The molecular weight excluding hydrogens is 348 g/mol. The van der Waals surface area contributed by atoms with Crippen molar-refractivity contribution in [2.45, 2.75) is 0 Å². The van der Waals surface area contributed by atoms with Crippen LogP contribution in [0.15, 0.2) is 83.6 Å². The zero-order chi connectivity index (χ0) is 15.6. The van der Waals surface area contributed by atoms with Crippen LogP contribution in [0, 0.1) is 0 Å². The summed E-state index contributed by atoms with van der Waals surface area (Å²) in [5.74, 6) is 0. The Morgan fingerprint density at radius 1 is 0.565 bits per heavy atom. The van der Waals surface area contributed by atoms with Crippen molar-refractivity contribution in [1.82, 2.24) is 9.97 Å². The summed E-state index contributed by atoms with van der Waals surface area (Å²) in [6.45, 7) is 0. The van der Waals surface area contributed by atoms with Gasteiger partial charge in [0.1, 0.15) is 0 Å². The van der Waals surface area contributed by atoms with E-state index in [0.29, 0.717) is 4.73 Å². The molecule has 0 atom stereocenters. The fourth-order valence-electron chi connectivity index (χ4n) is 2.72. The highest BCUT2D eigenvalue weighted by atomic mass is 79.9. The van der Waals surface area contributed by atoms with E-state index in [4.69, 9.17) is 0 Å². The highest BCUT2D eigenvalue weighted by molar-refractivity contribution is 9.10. The van der Waals surface area contributed by atoms with Crippen LogP contribution in [0.2, 0.25) is 0 Å². The molecule has 0 radical (unpaired) electrons. The Bertz CT molecular complexity index is 964. The molecule has 23 heavy (non-hydrogen) atoms. The van der Waals surface area contributed by atoms with Crippen LogP contribution in [0.4, 0.5) is 0 Å². The predicted octanol–water partition coefficient (Wildman–Crippen LogP) is 5.73. The zero-order valence-corrected chi connectivity index (χ0v) is 13.9. The third-order valence-corrected chi connectivity index (χ3v) is 4.20. The average molecular weight is 361 g/mol. The SMILES string of the molecule is Brc1nc(-c2ccc(-c3ccccc3)cc2)c2ccccc2n1. The Hall–Kier alpha value is -2.52. The molecule has 0 amide bonds. The number of halogens is 1. The highest BCUT2D eigenvalue weighted by Crippen LogP contribution is 2.29. The normalized spacial score (nSPS) is 10.8. The maximum atomic E-state index is 4.58. The van der Waals surface area contributed by atoms with Crippen LogP contribution in [-0.4, -0.2) is 9.97 Å². The van der Waals surface area contributed by atoms with Crippen LogP contribution in [-0.2, 0) is 0 Å². The molecule has 0 N–H and O–H groups in total. The molecule has 4 rings (SSSR count). The molecule has 4 aromatic rings. The van der Waals surface area contributed by atoms with Crippen molar-refractivity contribution in [2.24, 2.45) is 0 Å². The van der Waals surface area contributed by atoms with Crippen LogP contribution < -0.4 is 0 Å². The second kappa shape index (κ2) is 5.94. The summed E-state index contributed by atoms with van der Waals surface area (Å²) in [5.41, 5.74) is 5.39. The van der Waals surface area contributed by atoms with Crippen molar-refractivity contribution in [1.29, 1.82) is 0 Å². The number of rotatable bonds is 2. The van der Waals surface area contributed by atoms with E-state index >= 15 is 0 Å². The van der Waals surface area contributed by atoms with Gasteiger partial charge in [0.05, 0.1) is 11.2 Å². The molecule has 3 aromatic carbocycles. The molecule has 0 aliphatic rings. The molecule has 0 unspecified atom stereocenters. The van der Waals surface area contributed by atoms with Crippen LogP contribution >= 0.6 is 15.9 Å². The van der Waals surface area contributed by atoms with Gasteiger partial charge in [0.25, 0.3) is 0 Å². The van der Waals surface area contributed by atoms with Gasteiger partial charge in [-0.3, -0.25) is 0 Å². The third kappa shape index (κ3) is 2.76. The molecule has 0 saturated carbocycles. The summed E-state index contributed by atoms with van der Waals surface area (Å²) in [5, 5.41) is 1.06. The van der Waals surface area contributed by atoms with Crippen molar-refractivity contribution < 1.29 is 0 Å². The second-order valence-corrected chi connectivity index (χ2v) is 6.01. The Labute approximate surface area is 143 Å². The summed E-state index contributed by atoms with van der Waals surface area (Å²) in [6.07, 6.45) is 0. The summed E-state index contributed by atoms with van der Waals surface area (Å²) >= 11 is 3.41. The number of nitrogens with zero attached hydrogens (tertiary/aromatic N) is 2. The number of aromatic nitrogens is 2. The van der Waals surface area contributed by atoms with Gasteiger partial charge in [-0.25, -0.2) is 9.97 Å². The molecule has 3 heteroatoms. The van der Waals surface area contributed by atoms with E-state index in [-0.39, 0.29) is 0 Å². The number of para-hydroxylation sites is 1. The minimum Gasteiger partial charge on any atom is -0.222 e. The lowest BCUT2D eigenvalue weighted by Gasteiger charge is -2.08. The highest BCUT2D eigenvalue weighted by Gasteiger charge is 2.08. The van der Waals surface area contributed by atoms with Crippen LogP contribution in [0.1, 0.15) is 0 Å². The molecule has 1 heterocycles. The van der Waals surface area contributed by atoms with Crippen molar-refractivity contribution in [3.05, 3.63) is 83.6 Å². The lowest BCUT2D eigenvalue weighted by molar-refractivity contribution is 1.16. The largest absolute Gasteiger partial charge is 0.222 e. The molecule has 2 nitrogen and oxygen atoms in total. The maximum Gasteiger partial charge on any atom is 0.197 e. The van der Waals surface area contributed by atoms with Gasteiger partial charge in [0.2, 0.25) is 0 Å². The maximum absolute atomic E-state index is 4.58. The zero-order valence-electron chi connectivity index (χ0n) is 12.3. The van der Waals surface area contributed by atoms with Crippen LogP contribution in [0.5, 0.6) is 0 Å². The number of hydrogen-bond acceptors (Lipinski definition) is 2. The predicted molar refractivity (Wildman–Crippen MR) is 98.1 cm³/mol. The summed E-state index contributed by atoms with van der Waals surface area (Å²) in [6, 6.07) is 26.9. The molecule has 0 aliphatic heterocycles. The van der Waals surface area contributed by atoms with Gasteiger partial charge < -0.3 is 0 Å². The van der Waals surface area contributed by atoms with E-state index in [0.717, 1.165) is 22.2 Å². The summed E-state index contributed by atoms with van der Waals surface area (Å²) in [7, 11) is 0. The lowest BCUT2D eigenvalue weighted by Crippen LogP contribution is -1.91. The van der Waals surface area contributed by atoms with Gasteiger partial charge in [-0.05, 0) is 33.1 Å². The smallest absolute Gasteiger partial charge is 0.197 e. The van der Waals surface area contributed by atoms with Gasteiger partial charge in [-0.2, -0.15) is 0 Å². The fraction of sp³-hybridized carbons (Fsp3) is 0. The van der Waals surface area contributed by atoms with E-state index in [2.05, 4.69) is 80.5 Å². The van der Waals surface area contributed by atoms with Crippen molar-refractivity contribution in [3.8, 4) is 22.4 Å². The monoisotopic (exact) mass is 360 g/mol. The van der Waals surface area contributed by atoms with Crippen LogP contribution in [0.3, 0.4) is 0 Å². The fourth-order valence-corrected chi connectivity index (χ4v) is 3.09. The van der Waals surface area contributed by atoms with E-state index in [1.807, 2.05) is 24.3 Å². The minimum atomic E-state index is 0.610. The van der Waals surface area contributed by atoms with Gasteiger partial charge in [-0.15, -0.1) is 0 Å². The average Bonchev–Trinajstić information content (AvgIpc) is 2.62. The minimum absolute atomic E-state index is 0.610. The first-order chi connectivity index (χ1) is 11.3. The Morgan fingerprint density at radius 3 is 1.96 bits per heavy atom. The number of benzene rings is 3. The quantitative estimate of drug-likeness (QED) is 0.426. The van der Waals surface area contributed by atoms with Crippen molar-refractivity contribution >= 4 is 26.8 Å². The third-order valence-electron chi connectivity index (χ3n) is 3.84. The lowest BCUT2D eigenvalue weighted by atomic mass is 10.0. The van der Waals surface area contributed by atoms with E-state index in [1.165, 1.54) is 11.1 Å². The Morgan fingerprint density at radius 2 is 1.17 bits per heavy atom. The Balaban J connectivity index is 1.83. The molecule has 0 saturated heterocycles. The number of fused-ring (bicyclic) bond motifs is 1. The first-order valence-corrected chi connectivity index (χ1v) is 8.19. The molecule has 0 aliphatic carbocycles.